The predicted octanol–water partition coefficient (Wildman–Crippen LogP) is 1.16. The minimum Gasteiger partial charge on any atom is -0.396 e. The van der Waals surface area contributed by atoms with E-state index in [9.17, 15) is 0 Å². The van der Waals surface area contributed by atoms with Crippen LogP contribution in [0.15, 0.2) is 0 Å². The molecule has 0 saturated carbocycles. The van der Waals surface area contributed by atoms with Gasteiger partial charge >= 0.3 is 0 Å². The smallest absolute Gasteiger partial charge is 0.0477 e. The van der Waals surface area contributed by atoms with Crippen molar-refractivity contribution in [2.24, 2.45) is 0 Å². The Kier molecular flexibility index (Phi) is 7.23. The van der Waals surface area contributed by atoms with Crippen LogP contribution in [0.3, 0.4) is 0 Å². The van der Waals surface area contributed by atoms with Crippen molar-refractivity contribution in [1.82, 2.24) is 5.32 Å². The number of aliphatic hydroxyl groups excluding tert-OH is 1. The summed E-state index contributed by atoms with van der Waals surface area (Å²) in [5, 5.41) is 12.2. The minimum absolute atomic E-state index is 0.0426. The SMILES string of the molecule is CCOCCCNC(C)(C)CCO. The quantitative estimate of drug-likeness (QED) is 0.563. The monoisotopic (exact) mass is 189 g/mol. The van der Waals surface area contributed by atoms with Crippen molar-refractivity contribution < 1.29 is 9.84 Å². The van der Waals surface area contributed by atoms with Crippen molar-refractivity contribution >= 4 is 0 Å². The van der Waals surface area contributed by atoms with E-state index in [1.807, 2.05) is 6.92 Å². The Morgan fingerprint density at radius 3 is 2.62 bits per heavy atom. The Hall–Kier alpha value is -0.120. The summed E-state index contributed by atoms with van der Waals surface area (Å²) in [4.78, 5) is 0. The third-order valence-corrected chi connectivity index (χ3v) is 2.01. The molecule has 3 heteroatoms. The molecule has 0 amide bonds. The first-order valence-corrected chi connectivity index (χ1v) is 5.06. The van der Waals surface area contributed by atoms with Gasteiger partial charge in [-0.3, -0.25) is 0 Å². The Balaban J connectivity index is 3.29. The maximum Gasteiger partial charge on any atom is 0.0477 e. The lowest BCUT2D eigenvalue weighted by Crippen LogP contribution is -2.40. The lowest BCUT2D eigenvalue weighted by Gasteiger charge is -2.25. The van der Waals surface area contributed by atoms with Gasteiger partial charge in [-0.05, 0) is 40.2 Å². The Morgan fingerprint density at radius 1 is 1.38 bits per heavy atom. The molecule has 0 fully saturated rings. The van der Waals surface area contributed by atoms with E-state index in [0.29, 0.717) is 0 Å². The molecule has 80 valence electrons. The summed E-state index contributed by atoms with van der Waals surface area (Å²) in [7, 11) is 0. The molecule has 0 aromatic heterocycles. The van der Waals surface area contributed by atoms with Gasteiger partial charge in [0.25, 0.3) is 0 Å². The van der Waals surface area contributed by atoms with Crippen LogP contribution < -0.4 is 5.32 Å². The second kappa shape index (κ2) is 7.30. The molecule has 2 N–H and O–H groups in total. The van der Waals surface area contributed by atoms with E-state index in [1.165, 1.54) is 0 Å². The fourth-order valence-electron chi connectivity index (χ4n) is 1.11. The molecule has 0 bridgehead atoms. The van der Waals surface area contributed by atoms with Crippen LogP contribution in [0.4, 0.5) is 0 Å². The van der Waals surface area contributed by atoms with Gasteiger partial charge in [-0.25, -0.2) is 0 Å². The van der Waals surface area contributed by atoms with Crippen molar-refractivity contribution in [3.8, 4) is 0 Å². The first kappa shape index (κ1) is 12.9. The van der Waals surface area contributed by atoms with E-state index >= 15 is 0 Å². The molecule has 0 unspecified atom stereocenters. The number of hydrogen-bond acceptors (Lipinski definition) is 3. The van der Waals surface area contributed by atoms with Gasteiger partial charge < -0.3 is 15.2 Å². The summed E-state index contributed by atoms with van der Waals surface area (Å²) < 4.78 is 5.22. The number of rotatable bonds is 8. The zero-order valence-electron chi connectivity index (χ0n) is 9.10. The van der Waals surface area contributed by atoms with Gasteiger partial charge in [0, 0.05) is 25.4 Å². The molecule has 0 aromatic carbocycles. The molecule has 0 aliphatic carbocycles. The van der Waals surface area contributed by atoms with Gasteiger partial charge in [-0.1, -0.05) is 0 Å². The number of aliphatic hydroxyl groups is 1. The maximum atomic E-state index is 8.78. The van der Waals surface area contributed by atoms with Crippen LogP contribution in [-0.2, 0) is 4.74 Å². The van der Waals surface area contributed by atoms with Gasteiger partial charge in [0.05, 0.1) is 0 Å². The first-order chi connectivity index (χ1) is 6.12. The normalized spacial score (nSPS) is 12.0. The Labute approximate surface area is 81.5 Å². The van der Waals surface area contributed by atoms with Crippen molar-refractivity contribution in [2.75, 3.05) is 26.4 Å². The molecule has 3 nitrogen and oxygen atoms in total. The molecule has 0 atom stereocenters. The zero-order valence-corrected chi connectivity index (χ0v) is 9.10. The van der Waals surface area contributed by atoms with E-state index in [1.54, 1.807) is 0 Å². The van der Waals surface area contributed by atoms with E-state index in [4.69, 9.17) is 9.84 Å². The second-order valence-corrected chi connectivity index (χ2v) is 3.83. The fraction of sp³-hybridized carbons (Fsp3) is 1.00. The number of ether oxygens (including phenoxy) is 1. The van der Waals surface area contributed by atoms with E-state index in [0.717, 1.165) is 32.6 Å². The largest absolute Gasteiger partial charge is 0.396 e. The highest BCUT2D eigenvalue weighted by Crippen LogP contribution is 2.06. The van der Waals surface area contributed by atoms with Gasteiger partial charge in [-0.2, -0.15) is 0 Å². The first-order valence-electron chi connectivity index (χ1n) is 5.06. The fourth-order valence-corrected chi connectivity index (χ4v) is 1.11. The maximum absolute atomic E-state index is 8.78. The lowest BCUT2D eigenvalue weighted by molar-refractivity contribution is 0.141. The lowest BCUT2D eigenvalue weighted by atomic mass is 10.0. The second-order valence-electron chi connectivity index (χ2n) is 3.83. The molecule has 0 saturated heterocycles. The van der Waals surface area contributed by atoms with Crippen molar-refractivity contribution in [3.05, 3.63) is 0 Å². The summed E-state index contributed by atoms with van der Waals surface area (Å²) in [5.41, 5.74) is 0.0426. The Bertz CT molecular complexity index is 115. The zero-order chi connectivity index (χ0) is 10.2. The highest BCUT2D eigenvalue weighted by atomic mass is 16.5. The van der Waals surface area contributed by atoms with Crippen LogP contribution >= 0.6 is 0 Å². The molecular weight excluding hydrogens is 166 g/mol. The molecule has 13 heavy (non-hydrogen) atoms. The van der Waals surface area contributed by atoms with Crippen LogP contribution in [0.2, 0.25) is 0 Å². The van der Waals surface area contributed by atoms with Crippen molar-refractivity contribution in [2.45, 2.75) is 39.2 Å². The third-order valence-electron chi connectivity index (χ3n) is 2.01. The van der Waals surface area contributed by atoms with Gasteiger partial charge in [-0.15, -0.1) is 0 Å². The highest BCUT2D eigenvalue weighted by Gasteiger charge is 2.14. The molecular formula is C10H23NO2. The van der Waals surface area contributed by atoms with E-state index < -0.39 is 0 Å². The van der Waals surface area contributed by atoms with Gasteiger partial charge in [0.2, 0.25) is 0 Å². The predicted molar refractivity (Wildman–Crippen MR) is 54.9 cm³/mol. The van der Waals surface area contributed by atoms with Crippen molar-refractivity contribution in [3.63, 3.8) is 0 Å². The topological polar surface area (TPSA) is 41.5 Å². The number of nitrogens with one attached hydrogen (secondary N) is 1. The average molecular weight is 189 g/mol. The van der Waals surface area contributed by atoms with Crippen LogP contribution in [0.5, 0.6) is 0 Å². The molecule has 0 radical (unpaired) electrons. The van der Waals surface area contributed by atoms with Gasteiger partial charge in [0.15, 0.2) is 0 Å². The Morgan fingerprint density at radius 2 is 2.08 bits per heavy atom. The van der Waals surface area contributed by atoms with E-state index in [2.05, 4.69) is 19.2 Å². The van der Waals surface area contributed by atoms with Crippen molar-refractivity contribution in [1.29, 1.82) is 0 Å². The molecule has 0 spiro atoms. The summed E-state index contributed by atoms with van der Waals surface area (Å²) >= 11 is 0. The molecule has 0 aromatic rings. The standard InChI is InChI=1S/C10H23NO2/c1-4-13-9-5-7-11-10(2,3)6-8-12/h11-12H,4-9H2,1-3H3. The summed E-state index contributed by atoms with van der Waals surface area (Å²) in [5.74, 6) is 0. The third kappa shape index (κ3) is 8.22. The summed E-state index contributed by atoms with van der Waals surface area (Å²) in [6, 6.07) is 0. The van der Waals surface area contributed by atoms with E-state index in [-0.39, 0.29) is 12.1 Å². The van der Waals surface area contributed by atoms with Crippen LogP contribution in [0.25, 0.3) is 0 Å². The summed E-state index contributed by atoms with van der Waals surface area (Å²) in [6.07, 6.45) is 1.82. The van der Waals surface area contributed by atoms with Crippen LogP contribution in [0.1, 0.15) is 33.6 Å². The van der Waals surface area contributed by atoms with Crippen LogP contribution in [0, 0.1) is 0 Å². The number of hydrogen-bond donors (Lipinski definition) is 2. The molecule has 0 heterocycles. The van der Waals surface area contributed by atoms with Gasteiger partial charge in [0.1, 0.15) is 0 Å². The average Bonchev–Trinajstić information content (AvgIpc) is 2.04. The highest BCUT2D eigenvalue weighted by molar-refractivity contribution is 4.76. The molecule has 0 rings (SSSR count). The molecule has 0 aliphatic heterocycles. The molecule has 0 aliphatic rings. The minimum atomic E-state index is 0.0426. The summed E-state index contributed by atoms with van der Waals surface area (Å²) in [6.45, 7) is 9.01. The van der Waals surface area contributed by atoms with Crippen LogP contribution in [-0.4, -0.2) is 37.0 Å².